The van der Waals surface area contributed by atoms with Crippen LogP contribution in [0.3, 0.4) is 0 Å². The molecular formula is C28H31FN6O5S. The predicted octanol–water partition coefficient (Wildman–Crippen LogP) is 4.49. The molecular weight excluding hydrogens is 551 g/mol. The fraction of sp³-hybridized carbons (Fsp3) is 0.357. The number of rotatable bonds is 10. The molecule has 216 valence electrons. The average Bonchev–Trinajstić information content (AvgIpc) is 3.27. The Morgan fingerprint density at radius 2 is 1.78 bits per heavy atom. The van der Waals surface area contributed by atoms with Crippen LogP contribution >= 0.6 is 0 Å². The van der Waals surface area contributed by atoms with Crippen LogP contribution in [0.25, 0.3) is 11.4 Å². The summed E-state index contributed by atoms with van der Waals surface area (Å²) < 4.78 is 63.2. The maximum absolute atomic E-state index is 13.8. The standard InChI is InChI=1S/C28H31FN6O5S/c1-17(2)40-25(26-30-13-18(3)14-31-26)19(4)41(36,37)34-28-33-32-27-23-7-5-6-8-24(23)39-16-21(35(27)28)15-38-22-11-9-20(29)10-12-22/h5-14,17,19,21,25H,15-16H2,1-4H3,(H,33,34)/t19?,21-,25?/m1/s1. The molecule has 1 aliphatic heterocycles. The van der Waals surface area contributed by atoms with Crippen LogP contribution in [-0.4, -0.2) is 57.7 Å². The summed E-state index contributed by atoms with van der Waals surface area (Å²) in [6.45, 7) is 7.23. The van der Waals surface area contributed by atoms with Crippen molar-refractivity contribution >= 4 is 16.0 Å². The Kier molecular flexibility index (Phi) is 8.18. The monoisotopic (exact) mass is 582 g/mol. The second-order valence-corrected chi connectivity index (χ2v) is 12.1. The van der Waals surface area contributed by atoms with E-state index in [0.29, 0.717) is 22.9 Å². The Labute approximate surface area is 237 Å². The van der Waals surface area contributed by atoms with E-state index in [-0.39, 0.29) is 36.9 Å². The molecule has 13 heteroatoms. The minimum atomic E-state index is -4.11. The van der Waals surface area contributed by atoms with Crippen LogP contribution in [0.1, 0.15) is 44.3 Å². The summed E-state index contributed by atoms with van der Waals surface area (Å²) in [7, 11) is -4.11. The molecule has 1 N–H and O–H groups in total. The fourth-order valence-corrected chi connectivity index (χ4v) is 5.47. The van der Waals surface area contributed by atoms with Gasteiger partial charge in [0.2, 0.25) is 16.0 Å². The first-order chi connectivity index (χ1) is 19.6. The lowest BCUT2D eigenvalue weighted by atomic mass is 10.2. The van der Waals surface area contributed by atoms with Crippen LogP contribution in [-0.2, 0) is 14.8 Å². The second kappa shape index (κ2) is 11.8. The quantitative estimate of drug-likeness (QED) is 0.287. The van der Waals surface area contributed by atoms with E-state index in [9.17, 15) is 12.8 Å². The van der Waals surface area contributed by atoms with Gasteiger partial charge in [0.25, 0.3) is 0 Å². The van der Waals surface area contributed by atoms with E-state index in [1.165, 1.54) is 31.2 Å². The van der Waals surface area contributed by atoms with Crippen molar-refractivity contribution in [2.75, 3.05) is 17.9 Å². The molecule has 2 aromatic carbocycles. The zero-order valence-electron chi connectivity index (χ0n) is 23.1. The van der Waals surface area contributed by atoms with Gasteiger partial charge >= 0.3 is 0 Å². The molecule has 4 aromatic rings. The Bertz CT molecular complexity index is 1600. The lowest BCUT2D eigenvalue weighted by molar-refractivity contribution is 0.00152. The summed E-state index contributed by atoms with van der Waals surface area (Å²) in [5.41, 5.74) is 1.49. The number of aryl methyl sites for hydroxylation is 1. The average molecular weight is 583 g/mol. The second-order valence-electron chi connectivity index (χ2n) is 10.0. The lowest BCUT2D eigenvalue weighted by Crippen LogP contribution is -2.35. The molecule has 0 amide bonds. The minimum Gasteiger partial charge on any atom is -0.491 e. The van der Waals surface area contributed by atoms with Crippen LogP contribution in [0.15, 0.2) is 60.9 Å². The zero-order chi connectivity index (χ0) is 29.1. The number of para-hydroxylation sites is 1. The van der Waals surface area contributed by atoms with Gasteiger partial charge in [0.1, 0.15) is 47.9 Å². The Morgan fingerprint density at radius 3 is 2.49 bits per heavy atom. The van der Waals surface area contributed by atoms with Crippen molar-refractivity contribution in [3.8, 4) is 22.9 Å². The molecule has 3 heterocycles. The largest absolute Gasteiger partial charge is 0.491 e. The molecule has 2 unspecified atom stereocenters. The summed E-state index contributed by atoms with van der Waals surface area (Å²) in [6.07, 6.45) is 2.01. The lowest BCUT2D eigenvalue weighted by Gasteiger charge is -2.26. The van der Waals surface area contributed by atoms with Gasteiger partial charge in [0.05, 0.1) is 11.7 Å². The summed E-state index contributed by atoms with van der Waals surface area (Å²) in [4.78, 5) is 8.65. The van der Waals surface area contributed by atoms with Crippen molar-refractivity contribution in [2.45, 2.75) is 51.2 Å². The summed E-state index contributed by atoms with van der Waals surface area (Å²) in [5.74, 6) is 1.31. The topological polar surface area (TPSA) is 130 Å². The molecule has 1 aliphatic rings. The smallest absolute Gasteiger partial charge is 0.240 e. The van der Waals surface area contributed by atoms with Crippen molar-refractivity contribution in [3.05, 3.63) is 78.1 Å². The van der Waals surface area contributed by atoms with Gasteiger partial charge in [0.15, 0.2) is 11.6 Å². The highest BCUT2D eigenvalue weighted by molar-refractivity contribution is 7.93. The Balaban J connectivity index is 1.48. The van der Waals surface area contributed by atoms with Crippen LogP contribution in [0.2, 0.25) is 0 Å². The first-order valence-electron chi connectivity index (χ1n) is 13.1. The fourth-order valence-electron chi connectivity index (χ4n) is 4.38. The van der Waals surface area contributed by atoms with Gasteiger partial charge in [-0.05, 0) is 69.7 Å². The number of halogens is 1. The van der Waals surface area contributed by atoms with Crippen molar-refractivity contribution in [1.29, 1.82) is 0 Å². The SMILES string of the molecule is Cc1cnc(C(OC(C)C)C(C)S(=O)(=O)Nc2nnc3n2[C@H](COc2ccc(F)cc2)COc2ccccc2-3)nc1. The summed E-state index contributed by atoms with van der Waals surface area (Å²) in [5, 5.41) is 7.45. The zero-order valence-corrected chi connectivity index (χ0v) is 23.9. The van der Waals surface area contributed by atoms with E-state index in [1.807, 2.05) is 39.0 Å². The Morgan fingerprint density at radius 1 is 1.07 bits per heavy atom. The van der Waals surface area contributed by atoms with Gasteiger partial charge in [-0.3, -0.25) is 9.29 Å². The first-order valence-corrected chi connectivity index (χ1v) is 14.7. The van der Waals surface area contributed by atoms with E-state index < -0.39 is 27.4 Å². The van der Waals surface area contributed by atoms with Crippen LogP contribution in [0.4, 0.5) is 10.3 Å². The van der Waals surface area contributed by atoms with Gasteiger partial charge in [-0.25, -0.2) is 22.8 Å². The highest BCUT2D eigenvalue weighted by atomic mass is 32.2. The molecule has 5 rings (SSSR count). The Hall–Kier alpha value is -4.10. The minimum absolute atomic E-state index is 0.00650. The van der Waals surface area contributed by atoms with Gasteiger partial charge in [-0.15, -0.1) is 10.2 Å². The van der Waals surface area contributed by atoms with Crippen LogP contribution in [0, 0.1) is 12.7 Å². The molecule has 0 fully saturated rings. The number of hydrogen-bond donors (Lipinski definition) is 1. The molecule has 0 radical (unpaired) electrons. The summed E-state index contributed by atoms with van der Waals surface area (Å²) in [6, 6.07) is 12.4. The van der Waals surface area contributed by atoms with Crippen molar-refractivity contribution < 1.29 is 27.0 Å². The number of fused-ring (bicyclic) bond motifs is 3. The number of hydrogen-bond acceptors (Lipinski definition) is 9. The van der Waals surface area contributed by atoms with Gasteiger partial charge in [-0.1, -0.05) is 12.1 Å². The third-order valence-electron chi connectivity index (χ3n) is 6.50. The highest BCUT2D eigenvalue weighted by Crippen LogP contribution is 2.36. The summed E-state index contributed by atoms with van der Waals surface area (Å²) >= 11 is 0. The molecule has 11 nitrogen and oxygen atoms in total. The van der Waals surface area contributed by atoms with Crippen molar-refractivity contribution in [3.63, 3.8) is 0 Å². The first kappa shape index (κ1) is 28.4. The number of sulfonamides is 1. The number of benzene rings is 2. The molecule has 2 aromatic heterocycles. The van der Waals surface area contributed by atoms with Crippen LogP contribution in [0.5, 0.6) is 11.5 Å². The normalized spacial score (nSPS) is 16.2. The molecule has 0 saturated carbocycles. The maximum Gasteiger partial charge on any atom is 0.240 e. The molecule has 0 spiro atoms. The molecule has 0 saturated heterocycles. The van der Waals surface area contributed by atoms with E-state index in [4.69, 9.17) is 14.2 Å². The van der Waals surface area contributed by atoms with Gasteiger partial charge < -0.3 is 14.2 Å². The van der Waals surface area contributed by atoms with Crippen molar-refractivity contribution in [2.24, 2.45) is 0 Å². The van der Waals surface area contributed by atoms with Crippen LogP contribution < -0.4 is 14.2 Å². The third kappa shape index (κ3) is 6.30. The molecule has 3 atom stereocenters. The van der Waals surface area contributed by atoms with E-state index in [0.717, 1.165) is 5.56 Å². The number of nitrogens with zero attached hydrogens (tertiary/aromatic N) is 5. The number of nitrogens with one attached hydrogen (secondary N) is 1. The molecule has 41 heavy (non-hydrogen) atoms. The van der Waals surface area contributed by atoms with Crippen molar-refractivity contribution in [1.82, 2.24) is 24.7 Å². The number of ether oxygens (including phenoxy) is 3. The maximum atomic E-state index is 13.8. The predicted molar refractivity (Wildman–Crippen MR) is 150 cm³/mol. The van der Waals surface area contributed by atoms with E-state index >= 15 is 0 Å². The number of aromatic nitrogens is 5. The number of anilines is 1. The van der Waals surface area contributed by atoms with E-state index in [1.54, 1.807) is 23.0 Å². The van der Waals surface area contributed by atoms with E-state index in [2.05, 4.69) is 24.9 Å². The highest BCUT2D eigenvalue weighted by Gasteiger charge is 2.37. The molecule has 0 bridgehead atoms. The van der Waals surface area contributed by atoms with Gasteiger partial charge in [0, 0.05) is 12.4 Å². The third-order valence-corrected chi connectivity index (χ3v) is 8.19. The molecule has 0 aliphatic carbocycles. The van der Waals surface area contributed by atoms with Gasteiger partial charge in [-0.2, -0.15) is 0 Å².